The Bertz CT molecular complexity index is 1510. The molecule has 0 saturated carbocycles. The minimum absolute atomic E-state index is 0.151. The van der Waals surface area contributed by atoms with Crippen LogP contribution < -0.4 is 5.73 Å². The summed E-state index contributed by atoms with van der Waals surface area (Å²) in [7, 11) is -1.65. The first kappa shape index (κ1) is 24.7. The van der Waals surface area contributed by atoms with E-state index in [1.807, 2.05) is 6.07 Å². The Morgan fingerprint density at radius 2 is 1.82 bits per heavy atom. The van der Waals surface area contributed by atoms with E-state index in [0.29, 0.717) is 48.5 Å². The van der Waals surface area contributed by atoms with Gasteiger partial charge in [0.15, 0.2) is 9.84 Å². The smallest absolute Gasteiger partial charge is 0.153 e. The van der Waals surface area contributed by atoms with Gasteiger partial charge in [-0.2, -0.15) is 5.10 Å². The molecule has 0 fully saturated rings. The summed E-state index contributed by atoms with van der Waals surface area (Å²) >= 11 is 9.91. The maximum Gasteiger partial charge on any atom is 0.153 e. The van der Waals surface area contributed by atoms with Crippen molar-refractivity contribution in [3.8, 4) is 11.1 Å². The minimum atomic E-state index is -3.36. The van der Waals surface area contributed by atoms with Crippen molar-refractivity contribution < 1.29 is 17.2 Å². The fourth-order valence-corrected chi connectivity index (χ4v) is 5.36. The second-order valence-corrected chi connectivity index (χ2v) is 11.6. The number of sulfone groups is 1. The van der Waals surface area contributed by atoms with Crippen molar-refractivity contribution in [2.24, 2.45) is 12.8 Å². The molecular weight excluding hydrogens is 550 g/mol. The topological polar surface area (TPSA) is 90.9 Å². The van der Waals surface area contributed by atoms with Gasteiger partial charge in [-0.15, -0.1) is 0 Å². The van der Waals surface area contributed by atoms with E-state index in [0.717, 1.165) is 12.3 Å². The number of aryl methyl sites for hydroxylation is 1. The van der Waals surface area contributed by atoms with E-state index in [2.05, 4.69) is 26.0 Å². The summed E-state index contributed by atoms with van der Waals surface area (Å²) in [6.07, 6.45) is 2.88. The zero-order valence-corrected chi connectivity index (χ0v) is 21.3. The van der Waals surface area contributed by atoms with E-state index in [1.54, 1.807) is 30.1 Å². The highest BCUT2D eigenvalue weighted by atomic mass is 79.9. The van der Waals surface area contributed by atoms with Crippen molar-refractivity contribution >= 4 is 48.3 Å². The lowest BCUT2D eigenvalue weighted by Crippen LogP contribution is -2.16. The lowest BCUT2D eigenvalue weighted by molar-refractivity contribution is 0.575. The summed E-state index contributed by atoms with van der Waals surface area (Å²) in [5.74, 6) is -1.63. The average molecular weight is 570 g/mol. The van der Waals surface area contributed by atoms with E-state index < -0.39 is 27.5 Å². The minimum Gasteiger partial charge on any atom is -0.322 e. The predicted molar refractivity (Wildman–Crippen MR) is 132 cm³/mol. The second kappa shape index (κ2) is 9.33. The average Bonchev–Trinajstić information content (AvgIpc) is 3.02. The highest BCUT2D eigenvalue weighted by Gasteiger charge is 2.23. The molecule has 4 aromatic rings. The maximum absolute atomic E-state index is 13.7. The molecule has 0 unspecified atom stereocenters. The van der Waals surface area contributed by atoms with Gasteiger partial charge in [0.25, 0.3) is 0 Å². The van der Waals surface area contributed by atoms with Crippen LogP contribution >= 0.6 is 27.5 Å². The van der Waals surface area contributed by atoms with Gasteiger partial charge in [0.05, 0.1) is 33.7 Å². The number of nitrogens with two attached hydrogens (primary N) is 1. The zero-order chi connectivity index (χ0) is 24.8. The first-order valence-electron chi connectivity index (χ1n) is 10.1. The number of benzene rings is 2. The Hall–Kier alpha value is -2.40. The number of pyridine rings is 1. The van der Waals surface area contributed by atoms with Crippen molar-refractivity contribution in [3.63, 3.8) is 0 Å². The van der Waals surface area contributed by atoms with E-state index in [1.165, 1.54) is 12.1 Å². The summed E-state index contributed by atoms with van der Waals surface area (Å²) in [4.78, 5) is 4.50. The molecular formula is C23H20BrClF2N4O2S. The molecule has 6 nitrogen and oxygen atoms in total. The molecule has 0 spiro atoms. The molecule has 0 aliphatic rings. The van der Waals surface area contributed by atoms with Crippen molar-refractivity contribution in [1.29, 1.82) is 0 Å². The molecule has 11 heteroatoms. The van der Waals surface area contributed by atoms with Crippen LogP contribution in [0.25, 0.3) is 22.0 Å². The van der Waals surface area contributed by atoms with Crippen molar-refractivity contribution in [3.05, 3.63) is 80.7 Å². The Balaban J connectivity index is 1.88. The lowest BCUT2D eigenvalue weighted by atomic mass is 9.94. The van der Waals surface area contributed by atoms with Gasteiger partial charge in [0, 0.05) is 46.6 Å². The van der Waals surface area contributed by atoms with E-state index in [9.17, 15) is 17.2 Å². The number of rotatable bonds is 6. The van der Waals surface area contributed by atoms with Crippen LogP contribution in [-0.2, 0) is 29.1 Å². The number of halogens is 4. The summed E-state index contributed by atoms with van der Waals surface area (Å²) < 4.78 is 53.5. The van der Waals surface area contributed by atoms with Gasteiger partial charge in [-0.25, -0.2) is 17.2 Å². The van der Waals surface area contributed by atoms with Crippen LogP contribution in [0.1, 0.15) is 23.0 Å². The van der Waals surface area contributed by atoms with Gasteiger partial charge in [-0.3, -0.25) is 9.67 Å². The molecule has 0 bridgehead atoms. The number of nitrogens with zero attached hydrogens (tertiary/aromatic N) is 3. The van der Waals surface area contributed by atoms with E-state index >= 15 is 0 Å². The molecule has 2 aromatic carbocycles. The van der Waals surface area contributed by atoms with Gasteiger partial charge in [-0.1, -0.05) is 17.7 Å². The van der Waals surface area contributed by atoms with Crippen LogP contribution in [0, 0.1) is 11.6 Å². The summed E-state index contributed by atoms with van der Waals surface area (Å²) in [5.41, 5.74) is 9.69. The summed E-state index contributed by atoms with van der Waals surface area (Å²) in [6.45, 7) is 0. The fraction of sp³-hybridized carbons (Fsp3) is 0.217. The number of fused-ring (bicyclic) bond motifs is 1. The highest BCUT2D eigenvalue weighted by Crippen LogP contribution is 2.38. The molecule has 0 amide bonds. The molecule has 4 rings (SSSR count). The highest BCUT2D eigenvalue weighted by molar-refractivity contribution is 9.10. The molecule has 34 heavy (non-hydrogen) atoms. The zero-order valence-electron chi connectivity index (χ0n) is 18.2. The quantitative estimate of drug-likeness (QED) is 0.348. The number of hydrogen-bond donors (Lipinski definition) is 1. The summed E-state index contributed by atoms with van der Waals surface area (Å²) in [5, 5.41) is 5.31. The first-order valence-corrected chi connectivity index (χ1v) is 13.3. The first-order chi connectivity index (χ1) is 15.9. The Kier molecular flexibility index (Phi) is 6.78. The normalized spacial score (nSPS) is 12.9. The van der Waals surface area contributed by atoms with Crippen LogP contribution in [0.15, 0.2) is 47.1 Å². The molecule has 1 atom stereocenters. The van der Waals surface area contributed by atoms with Crippen LogP contribution in [0.2, 0.25) is 5.02 Å². The lowest BCUT2D eigenvalue weighted by Gasteiger charge is -2.17. The third-order valence-corrected chi connectivity index (χ3v) is 6.86. The fourth-order valence-electron chi connectivity index (χ4n) is 4.07. The summed E-state index contributed by atoms with van der Waals surface area (Å²) in [6, 6.07) is 7.89. The molecule has 2 heterocycles. The van der Waals surface area contributed by atoms with Gasteiger partial charge >= 0.3 is 0 Å². The SMILES string of the molecule is Cn1nc(CS(C)(=O)=O)c2c(Cl)ccc(-c3cc(Br)cnc3[C@@H](N)Cc3cc(F)cc(F)c3)c21. The third kappa shape index (κ3) is 5.14. The predicted octanol–water partition coefficient (Wildman–Crippen LogP) is 5.12. The Morgan fingerprint density at radius 1 is 1.15 bits per heavy atom. The number of aromatic nitrogens is 3. The maximum atomic E-state index is 13.7. The second-order valence-electron chi connectivity index (χ2n) is 8.13. The van der Waals surface area contributed by atoms with E-state index in [-0.39, 0.29) is 12.2 Å². The molecule has 2 aromatic heterocycles. The van der Waals surface area contributed by atoms with Crippen LogP contribution in [0.4, 0.5) is 8.78 Å². The molecule has 0 saturated heterocycles. The molecule has 0 radical (unpaired) electrons. The van der Waals surface area contributed by atoms with E-state index in [4.69, 9.17) is 17.3 Å². The van der Waals surface area contributed by atoms with Crippen molar-refractivity contribution in [2.45, 2.75) is 18.2 Å². The van der Waals surface area contributed by atoms with Crippen LogP contribution in [-0.4, -0.2) is 29.4 Å². The van der Waals surface area contributed by atoms with Crippen LogP contribution in [0.3, 0.4) is 0 Å². The third-order valence-electron chi connectivity index (χ3n) is 5.31. The van der Waals surface area contributed by atoms with Gasteiger partial charge in [-0.05, 0) is 52.2 Å². The molecule has 2 N–H and O–H groups in total. The molecule has 0 aliphatic carbocycles. The van der Waals surface area contributed by atoms with Gasteiger partial charge in [0.1, 0.15) is 11.6 Å². The molecule has 0 aliphatic heterocycles. The Labute approximate surface area is 208 Å². The van der Waals surface area contributed by atoms with Gasteiger partial charge in [0.2, 0.25) is 0 Å². The Morgan fingerprint density at radius 3 is 2.47 bits per heavy atom. The number of hydrogen-bond acceptors (Lipinski definition) is 5. The van der Waals surface area contributed by atoms with Crippen LogP contribution in [0.5, 0.6) is 0 Å². The monoisotopic (exact) mass is 568 g/mol. The van der Waals surface area contributed by atoms with Crippen molar-refractivity contribution in [2.75, 3.05) is 6.26 Å². The van der Waals surface area contributed by atoms with Crippen molar-refractivity contribution in [1.82, 2.24) is 14.8 Å². The van der Waals surface area contributed by atoms with Gasteiger partial charge < -0.3 is 5.73 Å². The standard InChI is InChI=1S/C23H20BrClF2N4O2S/c1-31-23-16(3-4-18(25)21(23)20(30-31)11-34(2,32)33)17-8-13(24)10-29-22(17)19(28)7-12-5-14(26)9-15(27)6-12/h3-6,8-10,19H,7,11,28H2,1-2H3/t19-/m0/s1. The largest absolute Gasteiger partial charge is 0.322 e. The molecule has 178 valence electrons.